The van der Waals surface area contributed by atoms with Gasteiger partial charge >= 0.3 is 0 Å². The second kappa shape index (κ2) is 7.53. The number of benzene rings is 2. The van der Waals surface area contributed by atoms with Gasteiger partial charge in [0.05, 0.1) is 11.3 Å². The van der Waals surface area contributed by atoms with Gasteiger partial charge in [-0.05, 0) is 61.4 Å². The number of pyridine rings is 1. The lowest BCUT2D eigenvalue weighted by Crippen LogP contribution is -2.30. The summed E-state index contributed by atoms with van der Waals surface area (Å²) < 4.78 is 10.7. The van der Waals surface area contributed by atoms with Gasteiger partial charge in [0, 0.05) is 17.4 Å². The van der Waals surface area contributed by atoms with Gasteiger partial charge in [-0.25, -0.2) is 0 Å². The summed E-state index contributed by atoms with van der Waals surface area (Å²) in [6, 6.07) is 14.9. The van der Waals surface area contributed by atoms with Gasteiger partial charge in [0.1, 0.15) is 11.8 Å². The molecule has 1 saturated heterocycles. The lowest BCUT2D eigenvalue weighted by Gasteiger charge is -2.26. The van der Waals surface area contributed by atoms with E-state index in [0.717, 1.165) is 11.1 Å². The maximum Gasteiger partial charge on any atom is 0.300 e. The van der Waals surface area contributed by atoms with Gasteiger partial charge in [0.15, 0.2) is 11.5 Å². The number of nitrogens with zero attached hydrogens (tertiary/aromatic N) is 2. The highest BCUT2D eigenvalue weighted by Gasteiger charge is 2.48. The number of fused-ring (bicyclic) bond motifs is 1. The topological polar surface area (TPSA) is 89.0 Å². The van der Waals surface area contributed by atoms with Gasteiger partial charge in [0.25, 0.3) is 11.7 Å². The summed E-state index contributed by atoms with van der Waals surface area (Å²) in [7, 11) is 0. The summed E-state index contributed by atoms with van der Waals surface area (Å²) in [5, 5.41) is 11.2. The minimum Gasteiger partial charge on any atom is -0.507 e. The molecule has 1 fully saturated rings. The Kier molecular flexibility index (Phi) is 4.66. The molecule has 2 aliphatic rings. The quantitative estimate of drug-likeness (QED) is 0.385. The van der Waals surface area contributed by atoms with Crippen molar-refractivity contribution < 1.29 is 24.2 Å². The van der Waals surface area contributed by atoms with E-state index in [9.17, 15) is 14.7 Å². The van der Waals surface area contributed by atoms with Gasteiger partial charge in [-0.15, -0.1) is 0 Å². The molecule has 32 heavy (non-hydrogen) atoms. The first-order valence-corrected chi connectivity index (χ1v) is 10.2. The van der Waals surface area contributed by atoms with Crippen molar-refractivity contribution in [2.24, 2.45) is 0 Å². The van der Waals surface area contributed by atoms with Crippen molar-refractivity contribution in [2.45, 2.75) is 19.9 Å². The molecule has 7 nitrogen and oxygen atoms in total. The van der Waals surface area contributed by atoms with E-state index >= 15 is 0 Å². The second-order valence-corrected chi connectivity index (χ2v) is 7.71. The molecule has 0 aliphatic carbocycles. The Hall–Kier alpha value is -4.13. The van der Waals surface area contributed by atoms with E-state index in [2.05, 4.69) is 4.98 Å². The first-order valence-electron chi connectivity index (χ1n) is 10.2. The Bertz CT molecular complexity index is 1280. The number of ketones is 1. The van der Waals surface area contributed by atoms with Crippen molar-refractivity contribution in [3.63, 3.8) is 0 Å². The van der Waals surface area contributed by atoms with Crippen molar-refractivity contribution in [1.82, 2.24) is 4.98 Å². The fourth-order valence-corrected chi connectivity index (χ4v) is 4.09. The van der Waals surface area contributed by atoms with Crippen LogP contribution in [0.3, 0.4) is 0 Å². The van der Waals surface area contributed by atoms with E-state index < -0.39 is 17.7 Å². The highest BCUT2D eigenvalue weighted by molar-refractivity contribution is 6.51. The lowest BCUT2D eigenvalue weighted by molar-refractivity contribution is -0.132. The number of hydrogen-bond donors (Lipinski definition) is 1. The van der Waals surface area contributed by atoms with Crippen molar-refractivity contribution in [2.75, 3.05) is 11.7 Å². The lowest BCUT2D eigenvalue weighted by atomic mass is 9.97. The van der Waals surface area contributed by atoms with Gasteiger partial charge < -0.3 is 14.6 Å². The van der Waals surface area contributed by atoms with Gasteiger partial charge in [-0.3, -0.25) is 19.5 Å². The van der Waals surface area contributed by atoms with Crippen molar-refractivity contribution in [3.8, 4) is 11.5 Å². The third-order valence-corrected chi connectivity index (χ3v) is 5.89. The van der Waals surface area contributed by atoms with Gasteiger partial charge in [-0.1, -0.05) is 18.2 Å². The van der Waals surface area contributed by atoms with Crippen LogP contribution in [-0.2, 0) is 9.59 Å². The number of carbonyl (C=O) groups excluding carboxylic acids is 2. The molecule has 1 amide bonds. The van der Waals surface area contributed by atoms with Crippen LogP contribution in [0.1, 0.15) is 28.4 Å². The number of aliphatic hydroxyl groups excluding tert-OH is 1. The van der Waals surface area contributed by atoms with Crippen LogP contribution in [0.2, 0.25) is 0 Å². The van der Waals surface area contributed by atoms with Gasteiger partial charge in [-0.2, -0.15) is 0 Å². The molecule has 1 atom stereocenters. The van der Waals surface area contributed by atoms with Crippen LogP contribution in [-0.4, -0.2) is 28.6 Å². The standard InChI is InChI=1S/C25H20N2O5/c1-14-6-5-8-18(15(14)2)27-22(17-7-3-4-11-26-17)21(24(29)25(27)30)23(28)16-9-10-19-20(12-16)32-13-31-19/h3-12,22,28H,13H2,1-2H3/b23-21-. The van der Waals surface area contributed by atoms with Crippen LogP contribution in [0.15, 0.2) is 66.4 Å². The number of hydrogen-bond acceptors (Lipinski definition) is 6. The molecule has 1 unspecified atom stereocenters. The molecule has 7 heteroatoms. The van der Waals surface area contributed by atoms with Crippen molar-refractivity contribution >= 4 is 23.1 Å². The summed E-state index contributed by atoms with van der Waals surface area (Å²) in [6.45, 7) is 3.93. The van der Waals surface area contributed by atoms with Crippen molar-refractivity contribution in [1.29, 1.82) is 0 Å². The minimum absolute atomic E-state index is 0.0199. The third kappa shape index (κ3) is 3.01. The summed E-state index contributed by atoms with van der Waals surface area (Å²) in [6.07, 6.45) is 1.60. The molecule has 0 bridgehead atoms. The maximum atomic E-state index is 13.2. The Morgan fingerprint density at radius 3 is 2.62 bits per heavy atom. The highest BCUT2D eigenvalue weighted by atomic mass is 16.7. The number of ether oxygens (including phenoxy) is 2. The first-order chi connectivity index (χ1) is 15.5. The van der Waals surface area contributed by atoms with Crippen LogP contribution in [0.4, 0.5) is 5.69 Å². The van der Waals surface area contributed by atoms with Crippen LogP contribution < -0.4 is 14.4 Å². The summed E-state index contributed by atoms with van der Waals surface area (Å²) >= 11 is 0. The zero-order valence-electron chi connectivity index (χ0n) is 17.5. The number of anilines is 1. The zero-order chi connectivity index (χ0) is 22.4. The number of amides is 1. The van der Waals surface area contributed by atoms with E-state index in [-0.39, 0.29) is 18.1 Å². The number of aryl methyl sites for hydroxylation is 1. The predicted octanol–water partition coefficient (Wildman–Crippen LogP) is 4.05. The largest absolute Gasteiger partial charge is 0.507 e. The fraction of sp³-hybridized carbons (Fsp3) is 0.160. The number of Topliss-reactive ketones (excluding diaryl/α,β-unsaturated/α-hetero) is 1. The average molecular weight is 428 g/mol. The van der Waals surface area contributed by atoms with Crippen LogP contribution >= 0.6 is 0 Å². The summed E-state index contributed by atoms with van der Waals surface area (Å²) in [5.74, 6) is -0.746. The first kappa shape index (κ1) is 19.8. The second-order valence-electron chi connectivity index (χ2n) is 7.71. The molecule has 1 N–H and O–H groups in total. The zero-order valence-corrected chi connectivity index (χ0v) is 17.5. The molecule has 5 rings (SSSR count). The molecule has 0 saturated carbocycles. The Morgan fingerprint density at radius 1 is 1.03 bits per heavy atom. The Labute approximate surface area is 184 Å². The van der Waals surface area contributed by atoms with E-state index in [1.165, 1.54) is 4.90 Å². The predicted molar refractivity (Wildman–Crippen MR) is 118 cm³/mol. The number of aromatic nitrogens is 1. The smallest absolute Gasteiger partial charge is 0.300 e. The van der Waals surface area contributed by atoms with E-state index in [1.54, 1.807) is 48.7 Å². The normalized spacial score (nSPS) is 18.9. The highest BCUT2D eigenvalue weighted by Crippen LogP contribution is 2.43. The molecule has 3 aromatic rings. The Morgan fingerprint density at radius 2 is 1.84 bits per heavy atom. The van der Waals surface area contributed by atoms with Gasteiger partial charge in [0.2, 0.25) is 6.79 Å². The summed E-state index contributed by atoms with van der Waals surface area (Å²) in [4.78, 5) is 32.3. The molecule has 160 valence electrons. The monoisotopic (exact) mass is 428 g/mol. The summed E-state index contributed by atoms with van der Waals surface area (Å²) in [5.41, 5.74) is 3.28. The van der Waals surface area contributed by atoms with Crippen LogP contribution in [0, 0.1) is 13.8 Å². The Balaban J connectivity index is 1.73. The average Bonchev–Trinajstić information content (AvgIpc) is 3.38. The van der Waals surface area contributed by atoms with Crippen LogP contribution in [0.25, 0.3) is 5.76 Å². The molecule has 2 aromatic carbocycles. The van der Waals surface area contributed by atoms with Crippen molar-refractivity contribution in [3.05, 3.63) is 88.8 Å². The third-order valence-electron chi connectivity index (χ3n) is 5.89. The van der Waals surface area contributed by atoms with Crippen LogP contribution in [0.5, 0.6) is 11.5 Å². The minimum atomic E-state index is -0.873. The fourth-order valence-electron chi connectivity index (χ4n) is 4.09. The van der Waals surface area contributed by atoms with E-state index in [4.69, 9.17) is 9.47 Å². The SMILES string of the molecule is Cc1cccc(N2C(=O)C(=O)/C(=C(\O)c3ccc4c(c3)OCO4)C2c2ccccn2)c1C. The molecule has 0 spiro atoms. The number of carbonyl (C=O) groups is 2. The van der Waals surface area contributed by atoms with E-state index in [1.807, 2.05) is 26.0 Å². The molecule has 1 aromatic heterocycles. The molecule has 2 aliphatic heterocycles. The molecular weight excluding hydrogens is 408 g/mol. The molecule has 3 heterocycles. The maximum absolute atomic E-state index is 13.2. The molecular formula is C25H20N2O5. The number of aliphatic hydroxyl groups is 1. The number of rotatable bonds is 3. The van der Waals surface area contributed by atoms with E-state index in [0.29, 0.717) is 28.4 Å². The molecule has 0 radical (unpaired) electrons.